The molecule has 1 amide bonds. The number of anilines is 1. The Morgan fingerprint density at radius 3 is 2.77 bits per heavy atom. The van der Waals surface area contributed by atoms with Crippen LogP contribution in [0.15, 0.2) is 40.0 Å². The van der Waals surface area contributed by atoms with Crippen LogP contribution in [0.2, 0.25) is 0 Å². The molecular formula is C19H21BrN4OS. The standard InChI is InChI=1S/C19H21BrN4OS/c1-3-4-5-13-6-8-14(9-7-13)22-17(25)11-26-19-23-16-10-15(20)12(2)21-18(16)24-19/h6-10H,3-5,11H2,1-2H3,(H,22,25)(H,21,23,24). The molecule has 0 atom stereocenters. The number of rotatable bonds is 7. The Kier molecular flexibility index (Phi) is 6.32. The first kappa shape index (κ1) is 18.9. The predicted molar refractivity (Wildman–Crippen MR) is 111 cm³/mol. The van der Waals surface area contributed by atoms with Gasteiger partial charge >= 0.3 is 0 Å². The number of fused-ring (bicyclic) bond motifs is 1. The lowest BCUT2D eigenvalue weighted by Crippen LogP contribution is -2.14. The molecule has 7 heteroatoms. The first-order valence-electron chi connectivity index (χ1n) is 8.59. The molecule has 2 heterocycles. The van der Waals surface area contributed by atoms with Gasteiger partial charge < -0.3 is 10.3 Å². The van der Waals surface area contributed by atoms with Gasteiger partial charge in [-0.25, -0.2) is 9.97 Å². The minimum atomic E-state index is -0.0536. The second kappa shape index (κ2) is 8.68. The number of nitrogens with one attached hydrogen (secondary N) is 2. The largest absolute Gasteiger partial charge is 0.331 e. The van der Waals surface area contributed by atoms with Crippen LogP contribution in [0.1, 0.15) is 31.0 Å². The second-order valence-corrected chi connectivity index (χ2v) is 7.92. The monoisotopic (exact) mass is 432 g/mol. The van der Waals surface area contributed by atoms with Gasteiger partial charge in [-0.2, -0.15) is 0 Å². The summed E-state index contributed by atoms with van der Waals surface area (Å²) in [4.78, 5) is 24.2. The SMILES string of the molecule is CCCCc1ccc(NC(=O)CSc2nc3nc(C)c(Br)cc3[nH]2)cc1. The number of unbranched alkanes of at least 4 members (excludes halogenated alkanes) is 1. The number of halogens is 1. The molecule has 0 saturated carbocycles. The van der Waals surface area contributed by atoms with Crippen molar-refractivity contribution < 1.29 is 4.79 Å². The van der Waals surface area contributed by atoms with Crippen molar-refractivity contribution in [2.75, 3.05) is 11.1 Å². The predicted octanol–water partition coefficient (Wildman–Crippen LogP) is 5.10. The average Bonchev–Trinajstić information content (AvgIpc) is 3.01. The fraction of sp³-hybridized carbons (Fsp3) is 0.316. The zero-order valence-electron chi connectivity index (χ0n) is 14.8. The topological polar surface area (TPSA) is 70.7 Å². The smallest absolute Gasteiger partial charge is 0.234 e. The summed E-state index contributed by atoms with van der Waals surface area (Å²) in [6.45, 7) is 4.11. The number of amides is 1. The molecule has 136 valence electrons. The third kappa shape index (κ3) is 4.86. The number of H-pyrrole nitrogens is 1. The van der Waals surface area contributed by atoms with Gasteiger partial charge in [-0.15, -0.1) is 0 Å². The van der Waals surface area contributed by atoms with Crippen LogP contribution in [0, 0.1) is 6.92 Å². The van der Waals surface area contributed by atoms with Crippen molar-refractivity contribution in [2.45, 2.75) is 38.3 Å². The maximum Gasteiger partial charge on any atom is 0.234 e. The lowest BCUT2D eigenvalue weighted by molar-refractivity contribution is -0.113. The number of nitrogens with zero attached hydrogens (tertiary/aromatic N) is 2. The van der Waals surface area contributed by atoms with Gasteiger partial charge in [0.05, 0.1) is 17.0 Å². The van der Waals surface area contributed by atoms with Gasteiger partial charge in [0.25, 0.3) is 0 Å². The Hall–Kier alpha value is -1.86. The molecule has 3 aromatic rings. The zero-order chi connectivity index (χ0) is 18.5. The molecule has 2 N–H and O–H groups in total. The number of hydrogen-bond donors (Lipinski definition) is 2. The Morgan fingerprint density at radius 2 is 2.04 bits per heavy atom. The summed E-state index contributed by atoms with van der Waals surface area (Å²) in [7, 11) is 0. The van der Waals surface area contributed by atoms with E-state index in [4.69, 9.17) is 0 Å². The van der Waals surface area contributed by atoms with E-state index >= 15 is 0 Å². The van der Waals surface area contributed by atoms with Gasteiger partial charge in [0, 0.05) is 10.2 Å². The number of pyridine rings is 1. The van der Waals surface area contributed by atoms with E-state index < -0.39 is 0 Å². The van der Waals surface area contributed by atoms with E-state index in [1.165, 1.54) is 30.2 Å². The van der Waals surface area contributed by atoms with Gasteiger partial charge in [-0.1, -0.05) is 37.2 Å². The molecule has 3 rings (SSSR count). The van der Waals surface area contributed by atoms with Crippen LogP contribution in [0.4, 0.5) is 5.69 Å². The Balaban J connectivity index is 1.55. The van der Waals surface area contributed by atoms with Crippen LogP contribution >= 0.6 is 27.7 Å². The van der Waals surface area contributed by atoms with Crippen LogP contribution in [-0.4, -0.2) is 26.6 Å². The third-order valence-electron chi connectivity index (χ3n) is 3.98. The quantitative estimate of drug-likeness (QED) is 0.509. The van der Waals surface area contributed by atoms with Crippen LogP contribution in [-0.2, 0) is 11.2 Å². The fourth-order valence-corrected chi connectivity index (χ4v) is 3.51. The molecular weight excluding hydrogens is 412 g/mol. The van der Waals surface area contributed by atoms with E-state index in [2.05, 4.69) is 55.3 Å². The van der Waals surface area contributed by atoms with Crippen molar-refractivity contribution in [1.82, 2.24) is 15.0 Å². The first-order valence-corrected chi connectivity index (χ1v) is 10.4. The minimum absolute atomic E-state index is 0.0536. The Bertz CT molecular complexity index is 869. The number of thioether (sulfide) groups is 1. The number of imidazole rings is 1. The van der Waals surface area contributed by atoms with Crippen molar-refractivity contribution in [1.29, 1.82) is 0 Å². The number of carbonyl (C=O) groups excluding carboxylic acids is 1. The van der Waals surface area contributed by atoms with Gasteiger partial charge in [0.2, 0.25) is 5.91 Å². The van der Waals surface area contributed by atoms with Gasteiger partial charge in [-0.05, 0) is 59.5 Å². The van der Waals surface area contributed by atoms with E-state index in [0.717, 1.165) is 27.8 Å². The second-order valence-electron chi connectivity index (χ2n) is 6.11. The van der Waals surface area contributed by atoms with Crippen LogP contribution in [0.3, 0.4) is 0 Å². The summed E-state index contributed by atoms with van der Waals surface area (Å²) in [6, 6.07) is 10.0. The highest BCUT2D eigenvalue weighted by molar-refractivity contribution is 9.10. The van der Waals surface area contributed by atoms with Crippen LogP contribution in [0.5, 0.6) is 0 Å². The summed E-state index contributed by atoms with van der Waals surface area (Å²) in [5, 5.41) is 3.61. The van der Waals surface area contributed by atoms with E-state index in [1.807, 2.05) is 25.1 Å². The average molecular weight is 433 g/mol. The van der Waals surface area contributed by atoms with Crippen molar-refractivity contribution in [3.63, 3.8) is 0 Å². The molecule has 5 nitrogen and oxygen atoms in total. The fourth-order valence-electron chi connectivity index (χ4n) is 2.52. The van der Waals surface area contributed by atoms with Crippen molar-refractivity contribution in [2.24, 2.45) is 0 Å². The number of aryl methyl sites for hydroxylation is 2. The molecule has 0 aliphatic rings. The Morgan fingerprint density at radius 1 is 1.27 bits per heavy atom. The Labute approximate surface area is 165 Å². The van der Waals surface area contributed by atoms with Crippen molar-refractivity contribution in [3.05, 3.63) is 46.1 Å². The molecule has 0 fully saturated rings. The number of hydrogen-bond acceptors (Lipinski definition) is 4. The third-order valence-corrected chi connectivity index (χ3v) is 5.65. The molecule has 2 aromatic heterocycles. The molecule has 0 aliphatic heterocycles. The van der Waals surface area contributed by atoms with E-state index in [9.17, 15) is 4.79 Å². The minimum Gasteiger partial charge on any atom is -0.331 e. The van der Waals surface area contributed by atoms with Crippen molar-refractivity contribution in [3.8, 4) is 0 Å². The summed E-state index contributed by atoms with van der Waals surface area (Å²) in [6.07, 6.45) is 3.45. The maximum atomic E-state index is 12.2. The lowest BCUT2D eigenvalue weighted by Gasteiger charge is -2.06. The van der Waals surface area contributed by atoms with E-state index in [1.54, 1.807) is 0 Å². The number of carbonyl (C=O) groups is 1. The van der Waals surface area contributed by atoms with E-state index in [0.29, 0.717) is 10.8 Å². The molecule has 0 spiro atoms. The number of aromatic nitrogens is 3. The molecule has 0 aliphatic carbocycles. The summed E-state index contributed by atoms with van der Waals surface area (Å²) >= 11 is 4.83. The molecule has 0 radical (unpaired) electrons. The first-order chi connectivity index (χ1) is 12.5. The summed E-state index contributed by atoms with van der Waals surface area (Å²) in [5.41, 5.74) is 4.53. The highest BCUT2D eigenvalue weighted by Crippen LogP contribution is 2.23. The molecule has 0 bridgehead atoms. The highest BCUT2D eigenvalue weighted by atomic mass is 79.9. The number of aromatic amines is 1. The summed E-state index contributed by atoms with van der Waals surface area (Å²) < 4.78 is 0.935. The molecule has 0 saturated heterocycles. The number of benzene rings is 1. The van der Waals surface area contributed by atoms with Gasteiger partial charge in [0.15, 0.2) is 10.8 Å². The lowest BCUT2D eigenvalue weighted by atomic mass is 10.1. The van der Waals surface area contributed by atoms with Gasteiger partial charge in [0.1, 0.15) is 0 Å². The summed E-state index contributed by atoms with van der Waals surface area (Å²) in [5.74, 6) is 0.236. The maximum absolute atomic E-state index is 12.2. The van der Waals surface area contributed by atoms with Crippen LogP contribution in [0.25, 0.3) is 11.2 Å². The molecule has 26 heavy (non-hydrogen) atoms. The highest BCUT2D eigenvalue weighted by Gasteiger charge is 2.10. The molecule has 0 unspecified atom stereocenters. The van der Waals surface area contributed by atoms with Gasteiger partial charge in [-0.3, -0.25) is 4.79 Å². The van der Waals surface area contributed by atoms with Crippen molar-refractivity contribution >= 4 is 50.5 Å². The van der Waals surface area contributed by atoms with Crippen LogP contribution < -0.4 is 5.32 Å². The normalized spacial score (nSPS) is 11.0. The zero-order valence-corrected chi connectivity index (χ0v) is 17.2. The molecule has 1 aromatic carbocycles. The van der Waals surface area contributed by atoms with E-state index in [-0.39, 0.29) is 11.7 Å².